The van der Waals surface area contributed by atoms with E-state index in [2.05, 4.69) is 22.1 Å². The lowest BCUT2D eigenvalue weighted by Gasteiger charge is -2.32. The molecule has 1 aromatic carbocycles. The zero-order valence-electron chi connectivity index (χ0n) is 19.4. The van der Waals surface area contributed by atoms with E-state index >= 15 is 0 Å². The summed E-state index contributed by atoms with van der Waals surface area (Å²) < 4.78 is 10.8. The highest BCUT2D eigenvalue weighted by atomic mass is 35.5. The quantitative estimate of drug-likeness (QED) is 0.686. The maximum absolute atomic E-state index is 13.1. The van der Waals surface area contributed by atoms with Gasteiger partial charge in [0.2, 0.25) is 0 Å². The molecular weight excluding hydrogens is 444 g/mol. The summed E-state index contributed by atoms with van der Waals surface area (Å²) in [4.78, 5) is 33.6. The molecule has 2 aromatic rings. The third kappa shape index (κ3) is 5.13. The molecule has 4 rings (SSSR count). The number of hydrogen-bond acceptors (Lipinski definition) is 7. The van der Waals surface area contributed by atoms with Crippen LogP contribution < -0.4 is 5.32 Å². The summed E-state index contributed by atoms with van der Waals surface area (Å²) in [7, 11) is 0. The number of carbonyl (C=O) groups is 2. The Balaban J connectivity index is 1.52. The number of imide groups is 1. The predicted molar refractivity (Wildman–Crippen MR) is 126 cm³/mol. The molecule has 1 saturated heterocycles. The Labute approximate surface area is 198 Å². The van der Waals surface area contributed by atoms with Crippen LogP contribution in [0.25, 0.3) is 0 Å². The number of hydrogen-bond donors (Lipinski definition) is 1. The van der Waals surface area contributed by atoms with Crippen molar-refractivity contribution in [3.05, 3.63) is 52.2 Å². The fraction of sp³-hybridized carbons (Fsp3) is 0.458. The van der Waals surface area contributed by atoms with Crippen molar-refractivity contribution in [1.29, 1.82) is 0 Å². The van der Waals surface area contributed by atoms with E-state index in [0.29, 0.717) is 27.7 Å². The molecule has 0 spiro atoms. The van der Waals surface area contributed by atoms with Crippen molar-refractivity contribution in [2.75, 3.05) is 31.6 Å². The average molecular weight is 473 g/mol. The van der Waals surface area contributed by atoms with Crippen LogP contribution >= 0.6 is 11.6 Å². The van der Waals surface area contributed by atoms with Crippen LogP contribution in [-0.2, 0) is 16.0 Å². The van der Waals surface area contributed by atoms with Gasteiger partial charge >= 0.3 is 6.09 Å². The lowest BCUT2D eigenvalue weighted by Crippen LogP contribution is -2.38. The highest BCUT2D eigenvalue weighted by Gasteiger charge is 2.38. The van der Waals surface area contributed by atoms with Crippen LogP contribution in [0.4, 0.5) is 16.3 Å². The van der Waals surface area contributed by atoms with Crippen molar-refractivity contribution < 1.29 is 19.1 Å². The van der Waals surface area contributed by atoms with Gasteiger partial charge in [0, 0.05) is 35.9 Å². The highest BCUT2D eigenvalue weighted by Crippen LogP contribution is 2.36. The van der Waals surface area contributed by atoms with E-state index in [0.717, 1.165) is 36.8 Å². The number of fused-ring (bicyclic) bond motifs is 1. The molecule has 1 aromatic heterocycles. The minimum atomic E-state index is -0.707. The monoisotopic (exact) mass is 472 g/mol. The largest absolute Gasteiger partial charge is 0.443 e. The molecule has 1 fully saturated rings. The Kier molecular flexibility index (Phi) is 6.61. The van der Waals surface area contributed by atoms with Crippen LogP contribution in [0, 0.1) is 0 Å². The van der Waals surface area contributed by atoms with Crippen LogP contribution in [0.5, 0.6) is 0 Å². The summed E-state index contributed by atoms with van der Waals surface area (Å²) in [6, 6.07) is 7.59. The Hall–Kier alpha value is -2.68. The summed E-state index contributed by atoms with van der Waals surface area (Å²) in [6.07, 6.45) is 1.15. The van der Waals surface area contributed by atoms with Gasteiger partial charge in [0.25, 0.3) is 5.91 Å². The van der Waals surface area contributed by atoms with Crippen molar-refractivity contribution in [2.45, 2.75) is 45.9 Å². The standard InChI is InChI=1S/C24H29ClN4O4/c1-15(28-9-11-32-12-10-28)16-5-8-20(26-13-16)27-19-7-6-18(25)17-14-29(22(30)21(17)19)23(31)33-24(2,3)4/h5-8,13,15H,9-12,14H2,1-4H3,(H,26,27). The summed E-state index contributed by atoms with van der Waals surface area (Å²) in [5.74, 6) is 0.155. The molecular formula is C24H29ClN4O4. The molecule has 2 aliphatic heterocycles. The Bertz CT molecular complexity index is 1050. The van der Waals surface area contributed by atoms with Crippen molar-refractivity contribution in [3.63, 3.8) is 0 Å². The Morgan fingerprint density at radius 2 is 1.94 bits per heavy atom. The first kappa shape index (κ1) is 23.5. The zero-order chi connectivity index (χ0) is 23.8. The number of ether oxygens (including phenoxy) is 2. The molecule has 0 saturated carbocycles. The molecule has 0 bridgehead atoms. The van der Waals surface area contributed by atoms with Gasteiger partial charge in [-0.2, -0.15) is 0 Å². The Morgan fingerprint density at radius 1 is 1.21 bits per heavy atom. The third-order valence-corrected chi connectivity index (χ3v) is 6.12. The average Bonchev–Trinajstić information content (AvgIpc) is 3.14. The van der Waals surface area contributed by atoms with Gasteiger partial charge in [-0.3, -0.25) is 9.69 Å². The normalized spacial score (nSPS) is 17.6. The number of aromatic nitrogens is 1. The molecule has 1 atom stereocenters. The van der Waals surface area contributed by atoms with Crippen LogP contribution in [0.2, 0.25) is 5.02 Å². The SMILES string of the molecule is CC(c1ccc(Nc2ccc(Cl)c3c2C(=O)N(C(=O)OC(C)(C)C)C3)nc1)N1CCOCC1. The van der Waals surface area contributed by atoms with Gasteiger partial charge in [0.1, 0.15) is 11.4 Å². The van der Waals surface area contributed by atoms with E-state index < -0.39 is 17.6 Å². The molecule has 9 heteroatoms. The number of nitrogens with one attached hydrogen (secondary N) is 1. The van der Waals surface area contributed by atoms with Crippen molar-refractivity contribution in [2.24, 2.45) is 0 Å². The molecule has 2 amide bonds. The number of amides is 2. The lowest BCUT2D eigenvalue weighted by molar-refractivity contribution is 0.0198. The lowest BCUT2D eigenvalue weighted by atomic mass is 10.1. The predicted octanol–water partition coefficient (Wildman–Crippen LogP) is 4.76. The van der Waals surface area contributed by atoms with Crippen LogP contribution in [-0.4, -0.2) is 58.7 Å². The van der Waals surface area contributed by atoms with Gasteiger partial charge in [0.05, 0.1) is 31.0 Å². The molecule has 176 valence electrons. The molecule has 8 nitrogen and oxygen atoms in total. The highest BCUT2D eigenvalue weighted by molar-refractivity contribution is 6.32. The smallest absolute Gasteiger partial charge is 0.417 e. The molecule has 33 heavy (non-hydrogen) atoms. The van der Waals surface area contributed by atoms with Gasteiger partial charge in [-0.15, -0.1) is 0 Å². The van der Waals surface area contributed by atoms with Gasteiger partial charge in [-0.05, 0) is 51.5 Å². The van der Waals surface area contributed by atoms with E-state index in [1.165, 1.54) is 0 Å². The van der Waals surface area contributed by atoms with Gasteiger partial charge < -0.3 is 14.8 Å². The minimum absolute atomic E-state index is 0.0703. The van der Waals surface area contributed by atoms with Gasteiger partial charge in [-0.25, -0.2) is 14.7 Å². The van der Waals surface area contributed by atoms with Crippen LogP contribution in [0.15, 0.2) is 30.5 Å². The summed E-state index contributed by atoms with van der Waals surface area (Å²) in [6.45, 7) is 10.8. The zero-order valence-corrected chi connectivity index (χ0v) is 20.1. The minimum Gasteiger partial charge on any atom is -0.443 e. The van der Waals surface area contributed by atoms with Crippen molar-refractivity contribution in [1.82, 2.24) is 14.8 Å². The first-order valence-electron chi connectivity index (χ1n) is 11.0. The third-order valence-electron chi connectivity index (χ3n) is 5.77. The summed E-state index contributed by atoms with van der Waals surface area (Å²) in [5.41, 5.74) is 1.90. The van der Waals surface area contributed by atoms with Gasteiger partial charge in [0.15, 0.2) is 0 Å². The second-order valence-electron chi connectivity index (χ2n) is 9.25. The summed E-state index contributed by atoms with van der Waals surface area (Å²) >= 11 is 6.35. The summed E-state index contributed by atoms with van der Waals surface area (Å²) in [5, 5.41) is 3.64. The number of carbonyl (C=O) groups excluding carboxylic acids is 2. The van der Waals surface area contributed by atoms with E-state index in [9.17, 15) is 9.59 Å². The fourth-order valence-corrected chi connectivity index (χ4v) is 4.21. The fourth-order valence-electron chi connectivity index (χ4n) is 3.99. The second-order valence-corrected chi connectivity index (χ2v) is 9.65. The first-order valence-corrected chi connectivity index (χ1v) is 11.4. The second kappa shape index (κ2) is 9.29. The number of nitrogens with zero attached hydrogens (tertiary/aromatic N) is 3. The number of anilines is 2. The van der Waals surface area contributed by atoms with E-state index in [1.807, 2.05) is 18.3 Å². The first-order chi connectivity index (χ1) is 15.6. The molecule has 3 heterocycles. The van der Waals surface area contributed by atoms with Crippen molar-refractivity contribution in [3.8, 4) is 0 Å². The molecule has 2 aliphatic rings. The maximum Gasteiger partial charge on any atom is 0.417 e. The number of benzene rings is 1. The maximum atomic E-state index is 13.1. The van der Waals surface area contributed by atoms with Crippen molar-refractivity contribution >= 4 is 35.1 Å². The number of halogens is 1. The van der Waals surface area contributed by atoms with Crippen LogP contribution in [0.3, 0.4) is 0 Å². The Morgan fingerprint density at radius 3 is 2.58 bits per heavy atom. The topological polar surface area (TPSA) is 84.0 Å². The van der Waals surface area contributed by atoms with E-state index in [-0.39, 0.29) is 12.6 Å². The molecule has 0 radical (unpaired) electrons. The molecule has 1 unspecified atom stereocenters. The number of rotatable bonds is 4. The van der Waals surface area contributed by atoms with E-state index in [1.54, 1.807) is 32.9 Å². The van der Waals surface area contributed by atoms with Gasteiger partial charge in [-0.1, -0.05) is 17.7 Å². The van der Waals surface area contributed by atoms with Crippen LogP contribution in [0.1, 0.15) is 55.2 Å². The van der Waals surface area contributed by atoms with E-state index in [4.69, 9.17) is 21.1 Å². The molecule has 0 aliphatic carbocycles. The molecule has 1 N–H and O–H groups in total. The number of morpholine rings is 1. The number of pyridine rings is 1.